The van der Waals surface area contributed by atoms with Crippen LogP contribution in [0.5, 0.6) is 5.75 Å². The first kappa shape index (κ1) is 11.8. The molecule has 0 aliphatic heterocycles. The predicted molar refractivity (Wildman–Crippen MR) is 62.0 cm³/mol. The fourth-order valence-electron chi connectivity index (χ4n) is 1.08. The Bertz CT molecular complexity index is 385. The van der Waals surface area contributed by atoms with Gasteiger partial charge in [-0.05, 0) is 33.6 Å². The highest BCUT2D eigenvalue weighted by atomic mass is 79.9. The molecule has 80 valence electrons. The van der Waals surface area contributed by atoms with Gasteiger partial charge >= 0.3 is 5.97 Å². The molecule has 0 fully saturated rings. The van der Waals surface area contributed by atoms with Crippen molar-refractivity contribution in [2.24, 2.45) is 0 Å². The lowest BCUT2D eigenvalue weighted by atomic mass is 10.2. The highest BCUT2D eigenvalue weighted by molar-refractivity contribution is 9.10. The standard InChI is InChI=1S/C11H11BrO3/c1-15-10-6-5-8(7-9(10)12)3-2-4-11(13)14/h2-3,5-7H,4H2,1H3,(H,13,14)/b3-2+. The number of rotatable bonds is 4. The van der Waals surface area contributed by atoms with E-state index in [1.165, 1.54) is 0 Å². The first-order valence-electron chi connectivity index (χ1n) is 4.35. The van der Waals surface area contributed by atoms with Gasteiger partial charge in [-0.1, -0.05) is 18.2 Å². The molecule has 1 aromatic rings. The molecule has 0 heterocycles. The number of carboxylic acid groups (broad SMARTS) is 1. The SMILES string of the molecule is COc1ccc(/C=C/CC(=O)O)cc1Br. The molecule has 4 heteroatoms. The van der Waals surface area contributed by atoms with Gasteiger partial charge in [0.1, 0.15) is 5.75 Å². The van der Waals surface area contributed by atoms with E-state index < -0.39 is 5.97 Å². The number of carboxylic acids is 1. The minimum Gasteiger partial charge on any atom is -0.496 e. The third kappa shape index (κ3) is 3.75. The Kier molecular flexibility index (Phi) is 4.37. The summed E-state index contributed by atoms with van der Waals surface area (Å²) in [6.45, 7) is 0. The Morgan fingerprint density at radius 2 is 2.33 bits per heavy atom. The van der Waals surface area contributed by atoms with Gasteiger partial charge < -0.3 is 9.84 Å². The molecule has 0 aliphatic carbocycles. The average molecular weight is 271 g/mol. The van der Waals surface area contributed by atoms with Gasteiger partial charge in [-0.25, -0.2) is 0 Å². The van der Waals surface area contributed by atoms with E-state index in [4.69, 9.17) is 9.84 Å². The summed E-state index contributed by atoms with van der Waals surface area (Å²) in [4.78, 5) is 10.3. The van der Waals surface area contributed by atoms with E-state index in [1.807, 2.05) is 18.2 Å². The van der Waals surface area contributed by atoms with Crippen LogP contribution in [-0.4, -0.2) is 18.2 Å². The first-order chi connectivity index (χ1) is 7.13. The first-order valence-corrected chi connectivity index (χ1v) is 5.14. The van der Waals surface area contributed by atoms with Crippen LogP contribution >= 0.6 is 15.9 Å². The van der Waals surface area contributed by atoms with Gasteiger partial charge in [0.05, 0.1) is 18.0 Å². The number of hydrogen-bond acceptors (Lipinski definition) is 2. The van der Waals surface area contributed by atoms with Crippen LogP contribution in [0, 0.1) is 0 Å². The van der Waals surface area contributed by atoms with Crippen molar-refractivity contribution < 1.29 is 14.6 Å². The lowest BCUT2D eigenvalue weighted by molar-refractivity contribution is -0.135. The smallest absolute Gasteiger partial charge is 0.307 e. The topological polar surface area (TPSA) is 46.5 Å². The van der Waals surface area contributed by atoms with Crippen molar-refractivity contribution in [3.63, 3.8) is 0 Å². The number of benzene rings is 1. The van der Waals surface area contributed by atoms with Crippen LogP contribution in [-0.2, 0) is 4.79 Å². The molecule has 0 aromatic heterocycles. The largest absolute Gasteiger partial charge is 0.496 e. The third-order valence-corrected chi connectivity index (χ3v) is 2.40. The van der Waals surface area contributed by atoms with Crippen molar-refractivity contribution in [2.45, 2.75) is 6.42 Å². The van der Waals surface area contributed by atoms with Crippen molar-refractivity contribution in [1.82, 2.24) is 0 Å². The molecule has 1 rings (SSSR count). The van der Waals surface area contributed by atoms with Crippen molar-refractivity contribution in [3.8, 4) is 5.75 Å². The zero-order chi connectivity index (χ0) is 11.3. The highest BCUT2D eigenvalue weighted by Gasteiger charge is 1.99. The number of aliphatic carboxylic acids is 1. The summed E-state index contributed by atoms with van der Waals surface area (Å²) >= 11 is 3.35. The van der Waals surface area contributed by atoms with E-state index >= 15 is 0 Å². The van der Waals surface area contributed by atoms with Crippen LogP contribution in [0.25, 0.3) is 6.08 Å². The molecule has 0 unspecified atom stereocenters. The Balaban J connectivity index is 2.75. The minimum absolute atomic E-state index is 0.0314. The molecule has 0 atom stereocenters. The summed E-state index contributed by atoms with van der Waals surface area (Å²) in [7, 11) is 1.60. The lowest BCUT2D eigenvalue weighted by Crippen LogP contribution is -1.89. The maximum Gasteiger partial charge on any atom is 0.307 e. The zero-order valence-corrected chi connectivity index (χ0v) is 9.82. The second-order valence-corrected chi connectivity index (χ2v) is 3.75. The second kappa shape index (κ2) is 5.56. The van der Waals surface area contributed by atoms with E-state index in [-0.39, 0.29) is 6.42 Å². The average Bonchev–Trinajstić information content (AvgIpc) is 2.17. The Morgan fingerprint density at radius 3 is 2.87 bits per heavy atom. The molecule has 1 aromatic carbocycles. The van der Waals surface area contributed by atoms with E-state index in [2.05, 4.69) is 15.9 Å². The van der Waals surface area contributed by atoms with Gasteiger partial charge in [0, 0.05) is 0 Å². The van der Waals surface area contributed by atoms with Gasteiger partial charge in [0.15, 0.2) is 0 Å². The van der Waals surface area contributed by atoms with E-state index in [1.54, 1.807) is 19.3 Å². The molecule has 0 radical (unpaired) electrons. The molecule has 0 aliphatic rings. The Hall–Kier alpha value is -1.29. The van der Waals surface area contributed by atoms with Crippen molar-refractivity contribution >= 4 is 28.0 Å². The molecule has 15 heavy (non-hydrogen) atoms. The maximum absolute atomic E-state index is 10.3. The predicted octanol–water partition coefficient (Wildman–Crippen LogP) is 2.95. The summed E-state index contributed by atoms with van der Waals surface area (Å²) in [5.74, 6) is -0.0794. The highest BCUT2D eigenvalue weighted by Crippen LogP contribution is 2.25. The number of carbonyl (C=O) groups is 1. The summed E-state index contributed by atoms with van der Waals surface area (Å²) in [5.41, 5.74) is 0.934. The summed E-state index contributed by atoms with van der Waals surface area (Å²) in [6.07, 6.45) is 3.40. The van der Waals surface area contributed by atoms with E-state index in [9.17, 15) is 4.79 Å². The molecule has 0 saturated heterocycles. The Labute approximate surface area is 96.5 Å². The Morgan fingerprint density at radius 1 is 1.60 bits per heavy atom. The van der Waals surface area contributed by atoms with Crippen molar-refractivity contribution in [3.05, 3.63) is 34.3 Å². The second-order valence-electron chi connectivity index (χ2n) is 2.89. The summed E-state index contributed by atoms with van der Waals surface area (Å²) < 4.78 is 5.93. The zero-order valence-electron chi connectivity index (χ0n) is 8.24. The van der Waals surface area contributed by atoms with Gasteiger partial charge in [0.2, 0.25) is 0 Å². The molecular formula is C11H11BrO3. The summed E-state index contributed by atoms with van der Waals surface area (Å²) in [6, 6.07) is 5.56. The van der Waals surface area contributed by atoms with Crippen LogP contribution in [0.4, 0.5) is 0 Å². The normalized spacial score (nSPS) is 10.5. The van der Waals surface area contributed by atoms with Crippen LogP contribution in [0.15, 0.2) is 28.7 Å². The fourth-order valence-corrected chi connectivity index (χ4v) is 1.64. The van der Waals surface area contributed by atoms with E-state index in [0.717, 1.165) is 15.8 Å². The molecule has 0 bridgehead atoms. The van der Waals surface area contributed by atoms with E-state index in [0.29, 0.717) is 0 Å². The van der Waals surface area contributed by atoms with Gasteiger partial charge in [-0.2, -0.15) is 0 Å². The molecular weight excluding hydrogens is 260 g/mol. The monoisotopic (exact) mass is 270 g/mol. The maximum atomic E-state index is 10.3. The number of methoxy groups -OCH3 is 1. The van der Waals surface area contributed by atoms with Crippen molar-refractivity contribution in [2.75, 3.05) is 7.11 Å². The van der Waals surface area contributed by atoms with Gasteiger partial charge in [-0.3, -0.25) is 4.79 Å². The molecule has 3 nitrogen and oxygen atoms in total. The molecule has 0 amide bonds. The number of halogens is 1. The number of ether oxygens (including phenoxy) is 1. The minimum atomic E-state index is -0.834. The van der Waals surface area contributed by atoms with Gasteiger partial charge in [-0.15, -0.1) is 0 Å². The summed E-state index contributed by atoms with van der Waals surface area (Å²) in [5, 5.41) is 8.45. The van der Waals surface area contributed by atoms with Crippen LogP contribution in [0.3, 0.4) is 0 Å². The molecule has 1 N–H and O–H groups in total. The quantitative estimate of drug-likeness (QED) is 0.915. The van der Waals surface area contributed by atoms with Gasteiger partial charge in [0.25, 0.3) is 0 Å². The third-order valence-electron chi connectivity index (χ3n) is 1.78. The number of hydrogen-bond donors (Lipinski definition) is 1. The molecule has 0 saturated carbocycles. The lowest BCUT2D eigenvalue weighted by Gasteiger charge is -2.03. The van der Waals surface area contributed by atoms with Crippen molar-refractivity contribution in [1.29, 1.82) is 0 Å². The molecule has 0 spiro atoms. The van der Waals surface area contributed by atoms with Crippen LogP contribution in [0.1, 0.15) is 12.0 Å². The van der Waals surface area contributed by atoms with Crippen LogP contribution < -0.4 is 4.74 Å². The van der Waals surface area contributed by atoms with Crippen LogP contribution in [0.2, 0.25) is 0 Å². The fraction of sp³-hybridized carbons (Fsp3) is 0.182.